The first-order valence-electron chi connectivity index (χ1n) is 9.87. The molecule has 30 heavy (non-hydrogen) atoms. The molecule has 3 aromatic rings. The van der Waals surface area contributed by atoms with Crippen LogP contribution in [0.25, 0.3) is 0 Å². The number of hydrogen-bond donors (Lipinski definition) is 1. The number of carbonyl (C=O) groups is 2. The van der Waals surface area contributed by atoms with E-state index in [0.29, 0.717) is 16.5 Å². The van der Waals surface area contributed by atoms with Crippen LogP contribution in [-0.4, -0.2) is 19.0 Å². The lowest BCUT2D eigenvalue weighted by molar-refractivity contribution is -0.115. The van der Waals surface area contributed by atoms with Crippen molar-refractivity contribution >= 4 is 44.1 Å². The van der Waals surface area contributed by atoms with Gasteiger partial charge in [0, 0.05) is 9.35 Å². The summed E-state index contributed by atoms with van der Waals surface area (Å²) in [6.45, 7) is 0. The van der Waals surface area contributed by atoms with E-state index in [2.05, 4.69) is 45.5 Å². The Labute approximate surface area is 188 Å². The van der Waals surface area contributed by atoms with Crippen molar-refractivity contribution in [3.05, 3.63) is 86.2 Å². The van der Waals surface area contributed by atoms with Crippen molar-refractivity contribution < 1.29 is 14.3 Å². The SMILES string of the molecule is COC(=O)c1c(NC(=O)Cc2ccc(Br)cc2)sc2c1CCC(c1ccccc1)C2. The lowest BCUT2D eigenvalue weighted by Crippen LogP contribution is -2.17. The van der Waals surface area contributed by atoms with Crippen LogP contribution in [0.4, 0.5) is 5.00 Å². The van der Waals surface area contributed by atoms with Crippen LogP contribution in [0.3, 0.4) is 0 Å². The van der Waals surface area contributed by atoms with E-state index >= 15 is 0 Å². The third kappa shape index (κ3) is 4.50. The van der Waals surface area contributed by atoms with Gasteiger partial charge in [-0.2, -0.15) is 0 Å². The molecule has 1 atom stereocenters. The summed E-state index contributed by atoms with van der Waals surface area (Å²) in [5, 5.41) is 3.57. The minimum Gasteiger partial charge on any atom is -0.465 e. The second kappa shape index (κ2) is 9.14. The van der Waals surface area contributed by atoms with Gasteiger partial charge in [-0.25, -0.2) is 4.79 Å². The van der Waals surface area contributed by atoms with Gasteiger partial charge in [-0.3, -0.25) is 4.79 Å². The topological polar surface area (TPSA) is 55.4 Å². The maximum atomic E-state index is 12.7. The number of hydrogen-bond acceptors (Lipinski definition) is 4. The Morgan fingerprint density at radius 1 is 1.13 bits per heavy atom. The maximum Gasteiger partial charge on any atom is 0.341 e. The summed E-state index contributed by atoms with van der Waals surface area (Å²) in [6.07, 6.45) is 2.90. The predicted octanol–water partition coefficient (Wildman–Crippen LogP) is 5.75. The largest absolute Gasteiger partial charge is 0.465 e. The van der Waals surface area contributed by atoms with Gasteiger partial charge in [0.2, 0.25) is 5.91 Å². The summed E-state index contributed by atoms with van der Waals surface area (Å²) in [5.74, 6) is -0.0977. The van der Waals surface area contributed by atoms with Crippen molar-refractivity contribution in [2.24, 2.45) is 0 Å². The van der Waals surface area contributed by atoms with Crippen molar-refractivity contribution in [1.82, 2.24) is 0 Å². The van der Waals surface area contributed by atoms with Gasteiger partial charge in [0.25, 0.3) is 0 Å². The lowest BCUT2D eigenvalue weighted by Gasteiger charge is -2.22. The van der Waals surface area contributed by atoms with E-state index < -0.39 is 0 Å². The average Bonchev–Trinajstić information content (AvgIpc) is 3.12. The number of halogens is 1. The molecule has 1 N–H and O–H groups in total. The number of carbonyl (C=O) groups excluding carboxylic acids is 2. The molecule has 1 unspecified atom stereocenters. The van der Waals surface area contributed by atoms with Gasteiger partial charge < -0.3 is 10.1 Å². The molecule has 4 nitrogen and oxygen atoms in total. The van der Waals surface area contributed by atoms with Crippen LogP contribution in [0, 0.1) is 0 Å². The van der Waals surface area contributed by atoms with Crippen LogP contribution in [0.2, 0.25) is 0 Å². The number of esters is 1. The third-order valence-corrected chi connectivity index (χ3v) is 7.16. The molecule has 1 aromatic heterocycles. The van der Waals surface area contributed by atoms with E-state index in [1.165, 1.54) is 24.0 Å². The number of amides is 1. The van der Waals surface area contributed by atoms with Gasteiger partial charge in [0.05, 0.1) is 19.1 Å². The highest BCUT2D eigenvalue weighted by Crippen LogP contribution is 2.42. The minimum atomic E-state index is -0.385. The highest BCUT2D eigenvalue weighted by Gasteiger charge is 2.30. The van der Waals surface area contributed by atoms with Gasteiger partial charge in [0.1, 0.15) is 5.00 Å². The lowest BCUT2D eigenvalue weighted by atomic mass is 9.83. The summed E-state index contributed by atoms with van der Waals surface area (Å²) in [6, 6.07) is 18.1. The predicted molar refractivity (Wildman–Crippen MR) is 123 cm³/mol. The van der Waals surface area contributed by atoms with Crippen molar-refractivity contribution in [3.8, 4) is 0 Å². The molecule has 0 fully saturated rings. The molecule has 1 heterocycles. The molecule has 0 saturated heterocycles. The van der Waals surface area contributed by atoms with Crippen molar-refractivity contribution in [1.29, 1.82) is 0 Å². The normalized spacial score (nSPS) is 15.3. The second-order valence-electron chi connectivity index (χ2n) is 7.40. The quantitative estimate of drug-likeness (QED) is 0.469. The number of thiophene rings is 1. The zero-order valence-corrected chi connectivity index (χ0v) is 19.0. The van der Waals surface area contributed by atoms with Gasteiger partial charge in [-0.1, -0.05) is 58.4 Å². The van der Waals surface area contributed by atoms with Crippen LogP contribution in [0.15, 0.2) is 59.1 Å². The van der Waals surface area contributed by atoms with Crippen molar-refractivity contribution in [2.75, 3.05) is 12.4 Å². The van der Waals surface area contributed by atoms with E-state index in [-0.39, 0.29) is 18.3 Å². The molecule has 154 valence electrons. The highest BCUT2D eigenvalue weighted by atomic mass is 79.9. The summed E-state index contributed by atoms with van der Waals surface area (Å²) in [5.41, 5.74) is 3.78. The van der Waals surface area contributed by atoms with Crippen LogP contribution in [0.1, 0.15) is 44.3 Å². The smallest absolute Gasteiger partial charge is 0.341 e. The molecule has 6 heteroatoms. The molecular formula is C24H22BrNO3S. The Morgan fingerprint density at radius 3 is 2.57 bits per heavy atom. The Bertz CT molecular complexity index is 1060. The van der Waals surface area contributed by atoms with E-state index in [9.17, 15) is 9.59 Å². The number of rotatable bonds is 5. The van der Waals surface area contributed by atoms with Gasteiger partial charge in [0.15, 0.2) is 0 Å². The van der Waals surface area contributed by atoms with Crippen LogP contribution >= 0.6 is 27.3 Å². The molecule has 0 spiro atoms. The number of nitrogens with one attached hydrogen (secondary N) is 1. The number of ether oxygens (including phenoxy) is 1. The molecule has 4 rings (SSSR count). The first-order chi connectivity index (χ1) is 14.5. The molecule has 0 bridgehead atoms. The van der Waals surface area contributed by atoms with E-state index in [4.69, 9.17) is 4.74 Å². The number of benzene rings is 2. The Hall–Kier alpha value is -2.44. The molecule has 1 aliphatic carbocycles. The van der Waals surface area contributed by atoms with Gasteiger partial charge in [-0.05, 0) is 54.0 Å². The molecule has 2 aromatic carbocycles. The second-order valence-corrected chi connectivity index (χ2v) is 9.42. The fraction of sp³-hybridized carbons (Fsp3) is 0.250. The zero-order chi connectivity index (χ0) is 21.1. The fourth-order valence-electron chi connectivity index (χ4n) is 3.96. The summed E-state index contributed by atoms with van der Waals surface area (Å²) < 4.78 is 6.01. The molecule has 1 aliphatic rings. The maximum absolute atomic E-state index is 12.7. The average molecular weight is 484 g/mol. The first kappa shape index (κ1) is 20.8. The molecule has 0 aliphatic heterocycles. The Balaban J connectivity index is 1.57. The van der Waals surface area contributed by atoms with Crippen LogP contribution in [-0.2, 0) is 28.8 Å². The van der Waals surface area contributed by atoms with Crippen molar-refractivity contribution in [2.45, 2.75) is 31.6 Å². The van der Waals surface area contributed by atoms with E-state index in [0.717, 1.165) is 39.7 Å². The molecule has 0 radical (unpaired) electrons. The van der Waals surface area contributed by atoms with Gasteiger partial charge in [-0.15, -0.1) is 11.3 Å². The van der Waals surface area contributed by atoms with Crippen LogP contribution < -0.4 is 5.32 Å². The Kier molecular flexibility index (Phi) is 6.35. The summed E-state index contributed by atoms with van der Waals surface area (Å²) in [7, 11) is 1.38. The van der Waals surface area contributed by atoms with E-state index in [1.54, 1.807) is 0 Å². The standard InChI is InChI=1S/C24H22BrNO3S/c1-29-24(28)22-19-12-9-17(16-5-3-2-4-6-16)14-20(19)30-23(22)26-21(27)13-15-7-10-18(25)11-8-15/h2-8,10-11,17H,9,12-14H2,1H3,(H,26,27). The summed E-state index contributed by atoms with van der Waals surface area (Å²) >= 11 is 4.91. The number of fused-ring (bicyclic) bond motifs is 1. The minimum absolute atomic E-state index is 0.138. The first-order valence-corrected chi connectivity index (χ1v) is 11.5. The van der Waals surface area contributed by atoms with Crippen LogP contribution in [0.5, 0.6) is 0 Å². The monoisotopic (exact) mass is 483 g/mol. The highest BCUT2D eigenvalue weighted by molar-refractivity contribution is 9.10. The number of anilines is 1. The molecule has 1 amide bonds. The Morgan fingerprint density at radius 2 is 1.87 bits per heavy atom. The molecular weight excluding hydrogens is 462 g/mol. The number of methoxy groups -OCH3 is 1. The summed E-state index contributed by atoms with van der Waals surface area (Å²) in [4.78, 5) is 26.3. The molecule has 0 saturated carbocycles. The van der Waals surface area contributed by atoms with Crippen molar-refractivity contribution in [3.63, 3.8) is 0 Å². The van der Waals surface area contributed by atoms with E-state index in [1.807, 2.05) is 30.3 Å². The third-order valence-electron chi connectivity index (χ3n) is 5.46. The fourth-order valence-corrected chi connectivity index (χ4v) is 5.56. The zero-order valence-electron chi connectivity index (χ0n) is 16.6. The van der Waals surface area contributed by atoms with Gasteiger partial charge >= 0.3 is 5.97 Å².